The number of aliphatic hydroxyl groups is 1. The van der Waals surface area contributed by atoms with Crippen molar-refractivity contribution in [3.8, 4) is 0 Å². The number of imide groups is 1. The molecule has 3 N–H and O–H groups in total. The Balaban J connectivity index is 2.35. The van der Waals surface area contributed by atoms with Crippen LogP contribution in [0.1, 0.15) is 31.7 Å². The zero-order valence-corrected chi connectivity index (χ0v) is 20.4. The molecule has 2 rings (SSSR count). The third kappa shape index (κ3) is 6.88. The van der Waals surface area contributed by atoms with Crippen molar-refractivity contribution in [1.82, 2.24) is 15.5 Å². The number of rotatable bonds is 15. The van der Waals surface area contributed by atoms with Gasteiger partial charge in [-0.15, -0.1) is 6.58 Å². The summed E-state index contributed by atoms with van der Waals surface area (Å²) in [5.74, 6) is -0.863. The van der Waals surface area contributed by atoms with E-state index >= 15 is 0 Å². The van der Waals surface area contributed by atoms with Crippen LogP contribution in [0, 0.1) is 5.92 Å². The van der Waals surface area contributed by atoms with Gasteiger partial charge in [-0.2, -0.15) is 0 Å². The Morgan fingerprint density at radius 2 is 2.06 bits per heavy atom. The molecule has 1 aromatic carbocycles. The summed E-state index contributed by atoms with van der Waals surface area (Å²) >= 11 is 0. The van der Waals surface area contributed by atoms with E-state index < -0.39 is 24.6 Å². The van der Waals surface area contributed by atoms with Gasteiger partial charge < -0.3 is 20.3 Å². The SMILES string of the molecule is C=CC1C[C@]1(NC(=O)N(CCCC)C(=O)CNC=O)P(=O)(Cc1ccccc1)OC/C=C\CO. The normalized spacial score (nSPS) is 20.8. The molecule has 9 nitrogen and oxygen atoms in total. The van der Waals surface area contributed by atoms with Gasteiger partial charge in [-0.05, 0) is 18.4 Å². The van der Waals surface area contributed by atoms with Crippen LogP contribution in [0.3, 0.4) is 0 Å². The Hall–Kier alpha value is -2.74. The molecule has 186 valence electrons. The molecule has 0 heterocycles. The minimum atomic E-state index is -3.56. The molecule has 10 heteroatoms. The molecule has 3 atom stereocenters. The van der Waals surface area contributed by atoms with Crippen LogP contribution in [-0.4, -0.2) is 59.9 Å². The van der Waals surface area contributed by atoms with Crippen LogP contribution in [0.15, 0.2) is 55.1 Å². The lowest BCUT2D eigenvalue weighted by atomic mass is 10.2. The summed E-state index contributed by atoms with van der Waals surface area (Å²) in [5.41, 5.74) is 0.786. The van der Waals surface area contributed by atoms with Gasteiger partial charge in [0.15, 0.2) is 0 Å². The van der Waals surface area contributed by atoms with E-state index in [9.17, 15) is 18.9 Å². The van der Waals surface area contributed by atoms with Crippen LogP contribution < -0.4 is 10.6 Å². The lowest BCUT2D eigenvalue weighted by molar-refractivity contribution is -0.128. The Kier molecular flexibility index (Phi) is 10.7. The Bertz CT molecular complexity index is 923. The van der Waals surface area contributed by atoms with E-state index in [-0.39, 0.29) is 38.4 Å². The molecule has 0 bridgehead atoms. The van der Waals surface area contributed by atoms with Crippen molar-refractivity contribution in [2.24, 2.45) is 5.92 Å². The molecule has 4 amide bonds. The number of benzene rings is 1. The van der Waals surface area contributed by atoms with Crippen molar-refractivity contribution in [2.75, 3.05) is 26.3 Å². The molecule has 2 unspecified atom stereocenters. The van der Waals surface area contributed by atoms with Gasteiger partial charge in [-0.25, -0.2) is 4.79 Å². The molecule has 34 heavy (non-hydrogen) atoms. The quantitative estimate of drug-likeness (QED) is 0.197. The van der Waals surface area contributed by atoms with Crippen molar-refractivity contribution in [1.29, 1.82) is 0 Å². The number of urea groups is 1. The Labute approximate surface area is 200 Å². The first kappa shape index (κ1) is 27.5. The van der Waals surface area contributed by atoms with Gasteiger partial charge in [0, 0.05) is 12.5 Å². The Morgan fingerprint density at radius 3 is 2.65 bits per heavy atom. The molecule has 0 spiro atoms. The summed E-state index contributed by atoms with van der Waals surface area (Å²) in [6.07, 6.45) is 6.87. The topological polar surface area (TPSA) is 125 Å². The standard InChI is InChI=1S/C24H34N3O6P/c1-3-5-13-27(22(30)17-25-19-29)23(31)26-24(16-21(24)4-2)34(32,33-15-10-9-14-28)18-20-11-7-6-8-12-20/h4,6-12,19,21,28H,2-3,5,13-18H2,1H3,(H,25,29)(H,26,31)/b10-9-/t21?,24-,34?/m0/s1. The summed E-state index contributed by atoms with van der Waals surface area (Å²) in [4.78, 5) is 37.5. The van der Waals surface area contributed by atoms with E-state index in [1.54, 1.807) is 12.2 Å². The summed E-state index contributed by atoms with van der Waals surface area (Å²) in [5, 5.41) is 12.9. The maximum atomic E-state index is 14.4. The highest BCUT2D eigenvalue weighted by Crippen LogP contribution is 2.73. The number of carbonyl (C=O) groups excluding carboxylic acids is 3. The fourth-order valence-corrected chi connectivity index (χ4v) is 6.71. The molecular weight excluding hydrogens is 457 g/mol. The van der Waals surface area contributed by atoms with Crippen molar-refractivity contribution in [2.45, 2.75) is 37.6 Å². The van der Waals surface area contributed by atoms with E-state index in [1.807, 2.05) is 37.3 Å². The lowest BCUT2D eigenvalue weighted by Gasteiger charge is -2.31. The number of amides is 4. The van der Waals surface area contributed by atoms with Crippen LogP contribution in [0.25, 0.3) is 0 Å². The van der Waals surface area contributed by atoms with Gasteiger partial charge in [0.1, 0.15) is 5.28 Å². The molecule has 0 saturated heterocycles. The summed E-state index contributed by atoms with van der Waals surface area (Å²) in [7, 11) is -3.56. The number of unbranched alkanes of at least 4 members (excludes halogenated alkanes) is 1. The van der Waals surface area contributed by atoms with Crippen molar-refractivity contribution in [3.63, 3.8) is 0 Å². The highest BCUT2D eigenvalue weighted by atomic mass is 31.2. The van der Waals surface area contributed by atoms with E-state index in [2.05, 4.69) is 17.2 Å². The second-order valence-corrected chi connectivity index (χ2v) is 10.8. The highest BCUT2D eigenvalue weighted by Gasteiger charge is 2.66. The van der Waals surface area contributed by atoms with Gasteiger partial charge in [-0.3, -0.25) is 19.1 Å². The molecule has 1 saturated carbocycles. The number of hydrogen-bond donors (Lipinski definition) is 3. The van der Waals surface area contributed by atoms with Gasteiger partial charge >= 0.3 is 6.03 Å². The fourth-order valence-electron chi connectivity index (χ4n) is 3.74. The van der Waals surface area contributed by atoms with E-state index in [0.29, 0.717) is 19.3 Å². The molecule has 1 fully saturated rings. The first-order valence-corrected chi connectivity index (χ1v) is 13.1. The predicted octanol–water partition coefficient (Wildman–Crippen LogP) is 3.02. The van der Waals surface area contributed by atoms with Crippen LogP contribution in [0.2, 0.25) is 0 Å². The minimum absolute atomic E-state index is 0.00606. The highest BCUT2D eigenvalue weighted by molar-refractivity contribution is 7.60. The number of aliphatic hydroxyl groups excluding tert-OH is 1. The Morgan fingerprint density at radius 1 is 1.32 bits per heavy atom. The largest absolute Gasteiger partial charge is 0.392 e. The number of carbonyl (C=O) groups is 3. The average Bonchev–Trinajstić information content (AvgIpc) is 3.56. The summed E-state index contributed by atoms with van der Waals surface area (Å²) < 4.78 is 20.3. The van der Waals surface area contributed by atoms with E-state index in [0.717, 1.165) is 16.9 Å². The monoisotopic (exact) mass is 491 g/mol. The zero-order valence-electron chi connectivity index (χ0n) is 19.5. The molecule has 1 aromatic rings. The first-order valence-electron chi connectivity index (χ1n) is 11.3. The summed E-state index contributed by atoms with van der Waals surface area (Å²) in [6, 6.07) is 8.51. The van der Waals surface area contributed by atoms with Crippen molar-refractivity contribution in [3.05, 3.63) is 60.7 Å². The van der Waals surface area contributed by atoms with Crippen molar-refractivity contribution >= 4 is 25.7 Å². The van der Waals surface area contributed by atoms with Crippen LogP contribution in [0.5, 0.6) is 0 Å². The maximum Gasteiger partial charge on any atom is 0.325 e. The van der Waals surface area contributed by atoms with Gasteiger partial charge in [-0.1, -0.05) is 61.9 Å². The molecule has 1 aliphatic carbocycles. The van der Waals surface area contributed by atoms with E-state index in [4.69, 9.17) is 9.63 Å². The predicted molar refractivity (Wildman–Crippen MR) is 130 cm³/mol. The molecule has 0 aromatic heterocycles. The average molecular weight is 492 g/mol. The molecular formula is C24H34N3O6P. The van der Waals surface area contributed by atoms with Crippen LogP contribution in [-0.2, 0) is 24.8 Å². The van der Waals surface area contributed by atoms with Gasteiger partial charge in [0.2, 0.25) is 19.7 Å². The van der Waals surface area contributed by atoms with Crippen molar-refractivity contribution < 1.29 is 28.6 Å². The van der Waals surface area contributed by atoms with Crippen LogP contribution >= 0.6 is 7.37 Å². The second-order valence-electron chi connectivity index (χ2n) is 8.07. The smallest absolute Gasteiger partial charge is 0.325 e. The number of nitrogens with one attached hydrogen (secondary N) is 2. The summed E-state index contributed by atoms with van der Waals surface area (Å²) in [6.45, 7) is 5.42. The van der Waals surface area contributed by atoms with Gasteiger partial charge in [0.05, 0.1) is 25.9 Å². The van der Waals surface area contributed by atoms with Gasteiger partial charge in [0.25, 0.3) is 0 Å². The third-order valence-electron chi connectivity index (χ3n) is 5.70. The second kappa shape index (κ2) is 13.2. The van der Waals surface area contributed by atoms with E-state index in [1.165, 1.54) is 6.08 Å². The maximum absolute atomic E-state index is 14.4. The lowest BCUT2D eigenvalue weighted by Crippen LogP contribution is -2.51. The van der Waals surface area contributed by atoms with Crippen LogP contribution in [0.4, 0.5) is 4.79 Å². The number of hydrogen-bond acceptors (Lipinski definition) is 6. The molecule has 0 aliphatic heterocycles. The minimum Gasteiger partial charge on any atom is -0.392 e. The molecule has 0 radical (unpaired) electrons. The zero-order chi connectivity index (χ0) is 25.0. The number of nitrogens with zero attached hydrogens (tertiary/aromatic N) is 1. The molecule has 1 aliphatic rings. The fraction of sp³-hybridized carbons (Fsp3) is 0.458. The third-order valence-corrected chi connectivity index (χ3v) is 8.89. The first-order chi connectivity index (χ1) is 16.4.